The normalized spacial score (nSPS) is 11.1. The van der Waals surface area contributed by atoms with Gasteiger partial charge in [0.25, 0.3) is 0 Å². The lowest BCUT2D eigenvalue weighted by Gasteiger charge is -2.12. The van der Waals surface area contributed by atoms with Crippen molar-refractivity contribution < 1.29 is 4.74 Å². The zero-order chi connectivity index (χ0) is 11.5. The van der Waals surface area contributed by atoms with E-state index in [1.807, 2.05) is 42.1 Å². The van der Waals surface area contributed by atoms with E-state index in [2.05, 4.69) is 4.98 Å². The van der Waals surface area contributed by atoms with Gasteiger partial charge in [-0.25, -0.2) is 4.98 Å². The molecule has 0 aliphatic carbocycles. The number of aromatic nitrogens is 2. The van der Waals surface area contributed by atoms with E-state index < -0.39 is 0 Å². The third kappa shape index (κ3) is 3.38. The summed E-state index contributed by atoms with van der Waals surface area (Å²) in [7, 11) is 3.58. The quantitative estimate of drug-likeness (QED) is 0.944. The maximum atomic E-state index is 6.13. The molecule has 0 saturated heterocycles. The minimum atomic E-state index is -0.203. The second-order valence-electron chi connectivity index (χ2n) is 3.65. The molecule has 0 aliphatic rings. The summed E-state index contributed by atoms with van der Waals surface area (Å²) in [6, 6.07) is 7.51. The molecule has 0 aliphatic heterocycles. The Morgan fingerprint density at radius 2 is 1.83 bits per heavy atom. The van der Waals surface area contributed by atoms with Crippen molar-refractivity contribution in [3.63, 3.8) is 0 Å². The van der Waals surface area contributed by atoms with Crippen LogP contribution in [0, 0.1) is 0 Å². The third-order valence-electron chi connectivity index (χ3n) is 2.61. The first kappa shape index (κ1) is 16.8. The van der Waals surface area contributed by atoms with Gasteiger partial charge < -0.3 is 15.0 Å². The molecule has 1 unspecified atom stereocenters. The van der Waals surface area contributed by atoms with Gasteiger partial charge in [0.2, 0.25) is 0 Å². The fraction of sp³-hybridized carbons (Fsp3) is 0.250. The maximum Gasteiger partial charge on any atom is 0.129 e. The monoisotopic (exact) mass is 289 g/mol. The molecule has 18 heavy (non-hydrogen) atoms. The lowest BCUT2D eigenvalue weighted by Crippen LogP contribution is -2.16. The van der Waals surface area contributed by atoms with E-state index in [4.69, 9.17) is 10.5 Å². The van der Waals surface area contributed by atoms with Crippen molar-refractivity contribution in [3.8, 4) is 5.75 Å². The molecule has 1 aromatic heterocycles. The van der Waals surface area contributed by atoms with Gasteiger partial charge in [0.1, 0.15) is 11.6 Å². The third-order valence-corrected chi connectivity index (χ3v) is 2.61. The van der Waals surface area contributed by atoms with E-state index in [-0.39, 0.29) is 30.9 Å². The van der Waals surface area contributed by atoms with Gasteiger partial charge >= 0.3 is 0 Å². The van der Waals surface area contributed by atoms with Crippen molar-refractivity contribution in [2.75, 3.05) is 7.11 Å². The summed E-state index contributed by atoms with van der Waals surface area (Å²) in [4.78, 5) is 4.24. The smallest absolute Gasteiger partial charge is 0.129 e. The lowest BCUT2D eigenvalue weighted by molar-refractivity contribution is 0.414. The Hall–Kier alpha value is -1.23. The number of ether oxygens (including phenoxy) is 1. The zero-order valence-corrected chi connectivity index (χ0v) is 11.9. The molecule has 100 valence electrons. The first-order chi connectivity index (χ1) is 7.72. The van der Waals surface area contributed by atoms with Crippen LogP contribution in [-0.2, 0) is 7.05 Å². The number of imidazole rings is 1. The Morgan fingerprint density at radius 3 is 2.28 bits per heavy atom. The fourth-order valence-corrected chi connectivity index (χ4v) is 1.64. The molecule has 4 nitrogen and oxygen atoms in total. The summed E-state index contributed by atoms with van der Waals surface area (Å²) in [6.45, 7) is 0. The molecule has 0 fully saturated rings. The molecule has 0 spiro atoms. The summed E-state index contributed by atoms with van der Waals surface area (Å²) < 4.78 is 7.03. The van der Waals surface area contributed by atoms with Crippen LogP contribution in [0.2, 0.25) is 0 Å². The predicted octanol–water partition coefficient (Wildman–Crippen LogP) is 2.32. The molecule has 6 heteroatoms. The summed E-state index contributed by atoms with van der Waals surface area (Å²) >= 11 is 0. The zero-order valence-electron chi connectivity index (χ0n) is 10.2. The van der Waals surface area contributed by atoms with Gasteiger partial charge in [0.15, 0.2) is 0 Å². The molecule has 1 aromatic carbocycles. The molecule has 1 heterocycles. The van der Waals surface area contributed by atoms with Gasteiger partial charge in [0, 0.05) is 19.4 Å². The molecular formula is C12H17Cl2N3O. The molecule has 0 saturated carbocycles. The number of halogens is 2. The number of rotatable bonds is 3. The van der Waals surface area contributed by atoms with Crippen molar-refractivity contribution in [1.29, 1.82) is 0 Å². The van der Waals surface area contributed by atoms with Gasteiger partial charge in [-0.05, 0) is 17.7 Å². The molecule has 2 rings (SSSR count). The summed E-state index contributed by atoms with van der Waals surface area (Å²) in [5.41, 5.74) is 7.15. The number of hydrogen-bond acceptors (Lipinski definition) is 3. The van der Waals surface area contributed by atoms with Crippen LogP contribution >= 0.6 is 24.8 Å². The van der Waals surface area contributed by atoms with Crippen molar-refractivity contribution in [2.24, 2.45) is 12.8 Å². The number of nitrogens with zero attached hydrogens (tertiary/aromatic N) is 2. The number of aryl methyl sites for hydroxylation is 1. The average molecular weight is 290 g/mol. The van der Waals surface area contributed by atoms with Gasteiger partial charge in [-0.3, -0.25) is 0 Å². The van der Waals surface area contributed by atoms with E-state index in [9.17, 15) is 0 Å². The van der Waals surface area contributed by atoms with Crippen LogP contribution in [0.1, 0.15) is 17.4 Å². The van der Waals surface area contributed by atoms with Crippen LogP contribution in [0.4, 0.5) is 0 Å². The van der Waals surface area contributed by atoms with E-state index in [1.165, 1.54) is 0 Å². The average Bonchev–Trinajstić information content (AvgIpc) is 2.75. The van der Waals surface area contributed by atoms with Crippen LogP contribution in [0.5, 0.6) is 5.75 Å². The van der Waals surface area contributed by atoms with Crippen molar-refractivity contribution >= 4 is 24.8 Å². The number of methoxy groups -OCH3 is 1. The second-order valence-corrected chi connectivity index (χ2v) is 3.65. The van der Waals surface area contributed by atoms with Crippen LogP contribution in [-0.4, -0.2) is 16.7 Å². The Morgan fingerprint density at radius 1 is 1.22 bits per heavy atom. The van der Waals surface area contributed by atoms with E-state index in [0.29, 0.717) is 0 Å². The van der Waals surface area contributed by atoms with Gasteiger partial charge in [-0.1, -0.05) is 12.1 Å². The van der Waals surface area contributed by atoms with Crippen LogP contribution in [0.15, 0.2) is 36.7 Å². The van der Waals surface area contributed by atoms with Gasteiger partial charge in [-0.2, -0.15) is 0 Å². The highest BCUT2D eigenvalue weighted by atomic mass is 35.5. The Labute approximate surface area is 119 Å². The summed E-state index contributed by atoms with van der Waals surface area (Å²) in [5, 5.41) is 0. The Bertz CT molecular complexity index is 470. The fourth-order valence-electron chi connectivity index (χ4n) is 1.64. The SMILES string of the molecule is COc1ccc(C(N)c2nccn2C)cc1.Cl.Cl. The Balaban J connectivity index is 0.00000144. The number of hydrogen-bond donors (Lipinski definition) is 1. The number of benzene rings is 1. The van der Waals surface area contributed by atoms with E-state index in [0.717, 1.165) is 17.1 Å². The standard InChI is InChI=1S/C12H15N3O.2ClH/c1-15-8-7-14-12(15)11(13)9-3-5-10(16-2)6-4-9;;/h3-8,11H,13H2,1-2H3;2*1H. The van der Waals surface area contributed by atoms with E-state index >= 15 is 0 Å². The predicted molar refractivity (Wildman–Crippen MR) is 76.7 cm³/mol. The maximum absolute atomic E-state index is 6.13. The molecule has 0 amide bonds. The summed E-state index contributed by atoms with van der Waals surface area (Å²) in [6.07, 6.45) is 3.64. The molecule has 0 radical (unpaired) electrons. The van der Waals surface area contributed by atoms with E-state index in [1.54, 1.807) is 13.3 Å². The van der Waals surface area contributed by atoms with Crippen molar-refractivity contribution in [3.05, 3.63) is 48.0 Å². The topological polar surface area (TPSA) is 53.1 Å². The number of nitrogens with two attached hydrogens (primary N) is 1. The lowest BCUT2D eigenvalue weighted by atomic mass is 10.1. The highest BCUT2D eigenvalue weighted by molar-refractivity contribution is 5.85. The van der Waals surface area contributed by atoms with Crippen molar-refractivity contribution in [2.45, 2.75) is 6.04 Å². The minimum Gasteiger partial charge on any atom is -0.497 e. The second kappa shape index (κ2) is 7.26. The Kier molecular flexibility index (Phi) is 6.76. The summed E-state index contributed by atoms with van der Waals surface area (Å²) in [5.74, 6) is 1.68. The van der Waals surface area contributed by atoms with Crippen LogP contribution in [0.3, 0.4) is 0 Å². The van der Waals surface area contributed by atoms with Gasteiger partial charge in [0.05, 0.1) is 13.2 Å². The molecule has 0 bridgehead atoms. The van der Waals surface area contributed by atoms with Gasteiger partial charge in [-0.15, -0.1) is 24.8 Å². The van der Waals surface area contributed by atoms with Crippen LogP contribution in [0.25, 0.3) is 0 Å². The minimum absolute atomic E-state index is 0. The molecule has 2 N–H and O–H groups in total. The largest absolute Gasteiger partial charge is 0.497 e. The first-order valence-electron chi connectivity index (χ1n) is 5.09. The highest BCUT2D eigenvalue weighted by Crippen LogP contribution is 2.20. The molecule has 1 atom stereocenters. The van der Waals surface area contributed by atoms with Crippen LogP contribution < -0.4 is 10.5 Å². The highest BCUT2D eigenvalue weighted by Gasteiger charge is 2.12. The molecule has 2 aromatic rings. The van der Waals surface area contributed by atoms with Crippen molar-refractivity contribution in [1.82, 2.24) is 9.55 Å². The first-order valence-corrected chi connectivity index (χ1v) is 5.09. The molecular weight excluding hydrogens is 273 g/mol.